The van der Waals surface area contributed by atoms with Gasteiger partial charge in [-0.05, 0) is 82.3 Å². The van der Waals surface area contributed by atoms with Gasteiger partial charge in [0, 0.05) is 17.0 Å². The zero-order valence-corrected chi connectivity index (χ0v) is 22.5. The minimum absolute atomic E-state index is 0.142. The van der Waals surface area contributed by atoms with Crippen LogP contribution in [-0.2, 0) is 17.8 Å². The number of nitrogens with zero attached hydrogens (tertiary/aromatic N) is 4. The molecule has 5 rings (SSSR count). The van der Waals surface area contributed by atoms with Crippen LogP contribution >= 0.6 is 11.6 Å². The second-order valence-electron chi connectivity index (χ2n) is 10.7. The van der Waals surface area contributed by atoms with Gasteiger partial charge in [-0.25, -0.2) is 4.79 Å². The molecule has 8 nitrogen and oxygen atoms in total. The molecule has 37 heavy (non-hydrogen) atoms. The number of ether oxygens (including phenoxy) is 3. The van der Waals surface area contributed by atoms with Gasteiger partial charge in [0.05, 0.1) is 32.0 Å². The quantitative estimate of drug-likeness (QED) is 0.399. The molecule has 0 N–H and O–H groups in total. The Labute approximate surface area is 222 Å². The van der Waals surface area contributed by atoms with Gasteiger partial charge in [0.15, 0.2) is 5.82 Å². The number of benzene rings is 2. The molecule has 3 aromatic rings. The van der Waals surface area contributed by atoms with Gasteiger partial charge >= 0.3 is 6.09 Å². The maximum Gasteiger partial charge on any atom is 0.411 e. The smallest absolute Gasteiger partial charge is 0.411 e. The third-order valence-electron chi connectivity index (χ3n) is 6.77. The summed E-state index contributed by atoms with van der Waals surface area (Å²) in [6, 6.07) is 13.5. The number of carbonyl (C=O) groups excluding carboxylic acids is 1. The van der Waals surface area contributed by atoms with Crippen LogP contribution in [0.25, 0.3) is 5.69 Å². The summed E-state index contributed by atoms with van der Waals surface area (Å²) in [4.78, 5) is 14.7. The Morgan fingerprint density at radius 3 is 2.49 bits per heavy atom. The van der Waals surface area contributed by atoms with Crippen LogP contribution in [0.1, 0.15) is 69.6 Å². The molecule has 2 aliphatic rings. The molecule has 0 spiro atoms. The van der Waals surface area contributed by atoms with E-state index in [-0.39, 0.29) is 18.1 Å². The molecule has 0 atom stereocenters. The third kappa shape index (κ3) is 5.69. The summed E-state index contributed by atoms with van der Waals surface area (Å²) in [6.07, 6.45) is 3.47. The van der Waals surface area contributed by atoms with E-state index >= 15 is 0 Å². The Hall–Kier alpha value is -3.26. The summed E-state index contributed by atoms with van der Waals surface area (Å²) < 4.78 is 19.3. The first kappa shape index (κ1) is 25.4. The topological polar surface area (TPSA) is 78.7 Å². The summed E-state index contributed by atoms with van der Waals surface area (Å²) in [5.41, 5.74) is 1.30. The summed E-state index contributed by atoms with van der Waals surface area (Å²) in [5.74, 6) is 3.49. The van der Waals surface area contributed by atoms with Crippen molar-refractivity contribution < 1.29 is 19.0 Å². The monoisotopic (exact) mass is 524 g/mol. The third-order valence-corrected chi connectivity index (χ3v) is 7.00. The van der Waals surface area contributed by atoms with Gasteiger partial charge in [-0.2, -0.15) is 0 Å². The lowest BCUT2D eigenvalue weighted by Crippen LogP contribution is -2.35. The highest BCUT2D eigenvalue weighted by Gasteiger charge is 2.33. The Bertz CT molecular complexity index is 1280. The average Bonchev–Trinajstić information content (AvgIpc) is 3.19. The van der Waals surface area contributed by atoms with E-state index in [4.69, 9.17) is 25.8 Å². The fraction of sp³-hybridized carbons (Fsp3) is 0.464. The number of halogens is 1. The molecule has 1 saturated carbocycles. The van der Waals surface area contributed by atoms with E-state index in [0.717, 1.165) is 60.1 Å². The molecule has 1 aliphatic heterocycles. The summed E-state index contributed by atoms with van der Waals surface area (Å²) >= 11 is 6.36. The molecule has 196 valence electrons. The van der Waals surface area contributed by atoms with E-state index in [1.807, 2.05) is 63.2 Å². The van der Waals surface area contributed by atoms with Gasteiger partial charge < -0.3 is 14.2 Å². The summed E-state index contributed by atoms with van der Waals surface area (Å²) in [5, 5.41) is 9.78. The van der Waals surface area contributed by atoms with Crippen molar-refractivity contribution in [3.63, 3.8) is 0 Å². The van der Waals surface area contributed by atoms with E-state index in [2.05, 4.69) is 14.8 Å². The molecule has 0 bridgehead atoms. The lowest BCUT2D eigenvalue weighted by atomic mass is 9.86. The molecule has 2 aromatic carbocycles. The lowest BCUT2D eigenvalue weighted by molar-refractivity contribution is 0.0214. The highest BCUT2D eigenvalue weighted by molar-refractivity contribution is 6.30. The molecule has 0 saturated heterocycles. The van der Waals surface area contributed by atoms with Crippen molar-refractivity contribution in [3.8, 4) is 17.2 Å². The van der Waals surface area contributed by atoms with Crippen LogP contribution in [0, 0.1) is 0 Å². The van der Waals surface area contributed by atoms with E-state index in [0.29, 0.717) is 18.1 Å². The van der Waals surface area contributed by atoms with Crippen LogP contribution in [0.2, 0.25) is 5.02 Å². The van der Waals surface area contributed by atoms with Gasteiger partial charge in [0.2, 0.25) is 0 Å². The van der Waals surface area contributed by atoms with Gasteiger partial charge in [0.25, 0.3) is 0 Å². The van der Waals surface area contributed by atoms with E-state index < -0.39 is 5.60 Å². The number of hydrogen-bond acceptors (Lipinski definition) is 6. The summed E-state index contributed by atoms with van der Waals surface area (Å²) in [6.45, 7) is 6.28. The molecule has 9 heteroatoms. The molecule has 1 aromatic heterocycles. The van der Waals surface area contributed by atoms with E-state index in [1.165, 1.54) is 0 Å². The number of carbonyl (C=O) groups is 1. The van der Waals surface area contributed by atoms with Crippen molar-refractivity contribution in [2.75, 3.05) is 7.11 Å². The lowest BCUT2D eigenvalue weighted by Gasteiger charge is -2.29. The molecular weight excluding hydrogens is 492 g/mol. The SMILES string of the molecule is COc1cccc(OC2CCC(c3nnc4n3-c3ccc(Cl)cc3CN(C(=O)OC(C)(C)C)C4)CC2)c1. The fourth-order valence-electron chi connectivity index (χ4n) is 5.05. The highest BCUT2D eigenvalue weighted by atomic mass is 35.5. The second kappa shape index (κ2) is 10.2. The largest absolute Gasteiger partial charge is 0.497 e. The Kier molecular flexibility index (Phi) is 7.03. The van der Waals surface area contributed by atoms with Crippen molar-refractivity contribution in [1.29, 1.82) is 0 Å². The van der Waals surface area contributed by atoms with Gasteiger partial charge in [-0.1, -0.05) is 17.7 Å². The normalized spacial score (nSPS) is 19.4. The van der Waals surface area contributed by atoms with Gasteiger partial charge in [-0.3, -0.25) is 9.47 Å². The van der Waals surface area contributed by atoms with E-state index in [9.17, 15) is 4.79 Å². The molecule has 1 amide bonds. The van der Waals surface area contributed by atoms with Crippen molar-refractivity contribution in [2.45, 2.75) is 77.2 Å². The molecule has 1 fully saturated rings. The van der Waals surface area contributed by atoms with Crippen LogP contribution in [0.4, 0.5) is 4.79 Å². The number of aromatic nitrogens is 3. The van der Waals surface area contributed by atoms with Crippen LogP contribution in [0.15, 0.2) is 42.5 Å². The Balaban J connectivity index is 1.37. The number of amides is 1. The van der Waals surface area contributed by atoms with Crippen LogP contribution in [-0.4, -0.2) is 44.6 Å². The Morgan fingerprint density at radius 1 is 1.00 bits per heavy atom. The van der Waals surface area contributed by atoms with Crippen molar-refractivity contribution in [3.05, 3.63) is 64.7 Å². The molecule has 2 heterocycles. The number of methoxy groups -OCH3 is 1. The standard InChI is InChI=1S/C28H33ClN4O4/c1-28(2,3)37-27(34)32-16-19-14-20(29)10-13-24(19)33-25(17-32)30-31-26(33)18-8-11-21(12-9-18)36-23-7-5-6-22(15-23)35-4/h5-7,10,13-15,18,21H,8-9,11-12,16-17H2,1-4H3. The first-order chi connectivity index (χ1) is 17.7. The predicted molar refractivity (Wildman–Crippen MR) is 140 cm³/mol. The predicted octanol–water partition coefficient (Wildman–Crippen LogP) is 6.29. The van der Waals surface area contributed by atoms with Crippen molar-refractivity contribution in [1.82, 2.24) is 19.7 Å². The van der Waals surface area contributed by atoms with Gasteiger partial charge in [0.1, 0.15) is 22.9 Å². The number of hydrogen-bond donors (Lipinski definition) is 0. The Morgan fingerprint density at radius 2 is 1.76 bits per heavy atom. The highest BCUT2D eigenvalue weighted by Crippen LogP contribution is 2.37. The first-order valence-corrected chi connectivity index (χ1v) is 13.1. The maximum atomic E-state index is 13.0. The molecule has 1 aliphatic carbocycles. The van der Waals surface area contributed by atoms with Crippen LogP contribution in [0.5, 0.6) is 11.5 Å². The molecule has 0 radical (unpaired) electrons. The number of fused-ring (bicyclic) bond motifs is 3. The zero-order chi connectivity index (χ0) is 26.2. The van der Waals surface area contributed by atoms with E-state index in [1.54, 1.807) is 12.0 Å². The summed E-state index contributed by atoms with van der Waals surface area (Å²) in [7, 11) is 1.66. The second-order valence-corrected chi connectivity index (χ2v) is 11.1. The minimum Gasteiger partial charge on any atom is -0.497 e. The average molecular weight is 525 g/mol. The molecular formula is C28H33ClN4O4. The van der Waals surface area contributed by atoms with Crippen LogP contribution in [0.3, 0.4) is 0 Å². The molecule has 0 unspecified atom stereocenters. The first-order valence-electron chi connectivity index (χ1n) is 12.7. The van der Waals surface area contributed by atoms with Crippen molar-refractivity contribution in [2.24, 2.45) is 0 Å². The zero-order valence-electron chi connectivity index (χ0n) is 21.7. The minimum atomic E-state index is -0.592. The van der Waals surface area contributed by atoms with Crippen molar-refractivity contribution >= 4 is 17.7 Å². The number of rotatable bonds is 4. The fourth-order valence-corrected chi connectivity index (χ4v) is 5.25. The maximum absolute atomic E-state index is 13.0. The van der Waals surface area contributed by atoms with Gasteiger partial charge in [-0.15, -0.1) is 10.2 Å². The van der Waals surface area contributed by atoms with Crippen LogP contribution < -0.4 is 9.47 Å².